The van der Waals surface area contributed by atoms with Crippen molar-refractivity contribution in [2.75, 3.05) is 11.1 Å². The highest BCUT2D eigenvalue weighted by Gasteiger charge is 2.19. The third-order valence-electron chi connectivity index (χ3n) is 2.83. The van der Waals surface area contributed by atoms with Crippen LogP contribution >= 0.6 is 23.2 Å². The van der Waals surface area contributed by atoms with Gasteiger partial charge in [0.05, 0.1) is 16.5 Å². The Morgan fingerprint density at radius 1 is 0.955 bits per heavy atom. The van der Waals surface area contributed by atoms with Gasteiger partial charge in [0.1, 0.15) is 5.75 Å². The van der Waals surface area contributed by atoms with Gasteiger partial charge in [-0.2, -0.15) is 0 Å². The molecule has 0 aliphatic rings. The lowest BCUT2D eigenvalue weighted by Crippen LogP contribution is -2.24. The zero-order valence-corrected chi connectivity index (χ0v) is 13.8. The van der Waals surface area contributed by atoms with Gasteiger partial charge in [-0.25, -0.2) is 8.42 Å². The minimum absolute atomic E-state index is 0.289. The van der Waals surface area contributed by atoms with E-state index in [0.717, 1.165) is 0 Å². The number of hydrogen-bond acceptors (Lipinski definition) is 3. The van der Waals surface area contributed by atoms with Crippen LogP contribution in [0.1, 0.15) is 5.56 Å². The van der Waals surface area contributed by atoms with Crippen molar-refractivity contribution in [3.05, 3.63) is 64.1 Å². The Balaban J connectivity index is 2.04. The number of para-hydroxylation sites is 1. The lowest BCUT2D eigenvalue weighted by Gasteiger charge is -2.08. The van der Waals surface area contributed by atoms with Crippen LogP contribution in [-0.2, 0) is 20.4 Å². The molecule has 2 aromatic carbocycles. The van der Waals surface area contributed by atoms with E-state index in [1.54, 1.807) is 48.5 Å². The molecule has 0 aliphatic carbocycles. The highest BCUT2D eigenvalue weighted by atomic mass is 35.5. The van der Waals surface area contributed by atoms with Crippen molar-refractivity contribution in [1.82, 2.24) is 0 Å². The van der Waals surface area contributed by atoms with Gasteiger partial charge in [0.2, 0.25) is 5.91 Å². The Bertz CT molecular complexity index is 791. The van der Waals surface area contributed by atoms with Crippen LogP contribution in [0.2, 0.25) is 10.0 Å². The molecule has 0 radical (unpaired) electrons. The number of carbonyl (C=O) groups is 1. The summed E-state index contributed by atoms with van der Waals surface area (Å²) < 4.78 is 24.2. The summed E-state index contributed by atoms with van der Waals surface area (Å²) in [4.78, 5) is 11.9. The van der Waals surface area contributed by atoms with Crippen molar-refractivity contribution in [1.29, 1.82) is 0 Å². The Hall–Kier alpha value is -1.56. The summed E-state index contributed by atoms with van der Waals surface area (Å²) in [6.07, 6.45) is 0. The van der Waals surface area contributed by atoms with Crippen molar-refractivity contribution in [2.24, 2.45) is 0 Å². The van der Waals surface area contributed by atoms with Gasteiger partial charge >= 0.3 is 0 Å². The van der Waals surface area contributed by atoms with E-state index in [1.807, 2.05) is 0 Å². The van der Waals surface area contributed by atoms with Crippen LogP contribution in [0.15, 0.2) is 48.5 Å². The summed E-state index contributed by atoms with van der Waals surface area (Å²) in [6.45, 7) is 0. The summed E-state index contributed by atoms with van der Waals surface area (Å²) in [5, 5.41) is 3.19. The lowest BCUT2D eigenvalue weighted by molar-refractivity contribution is -0.113. The van der Waals surface area contributed by atoms with E-state index in [9.17, 15) is 13.2 Å². The van der Waals surface area contributed by atoms with E-state index in [1.165, 1.54) is 0 Å². The van der Waals surface area contributed by atoms with Crippen LogP contribution in [0.5, 0.6) is 0 Å². The molecule has 2 rings (SSSR count). The average Bonchev–Trinajstić information content (AvgIpc) is 2.43. The van der Waals surface area contributed by atoms with Gasteiger partial charge in [0.15, 0.2) is 9.84 Å². The van der Waals surface area contributed by atoms with Crippen molar-refractivity contribution >= 4 is 44.6 Å². The van der Waals surface area contributed by atoms with Crippen molar-refractivity contribution in [3.63, 3.8) is 0 Å². The molecule has 0 unspecified atom stereocenters. The molecule has 0 saturated heterocycles. The third-order valence-corrected chi connectivity index (χ3v) is 4.98. The van der Waals surface area contributed by atoms with Gasteiger partial charge in [-0.15, -0.1) is 0 Å². The first kappa shape index (κ1) is 16.8. The number of amides is 1. The number of rotatable bonds is 5. The van der Waals surface area contributed by atoms with Crippen LogP contribution < -0.4 is 5.32 Å². The van der Waals surface area contributed by atoms with Crippen LogP contribution in [0.4, 0.5) is 5.69 Å². The molecule has 0 spiro atoms. The molecule has 7 heteroatoms. The number of anilines is 1. The predicted octanol–water partition coefficient (Wildman–Crippen LogP) is 3.55. The Morgan fingerprint density at radius 3 is 2.18 bits per heavy atom. The Morgan fingerprint density at radius 2 is 1.55 bits per heavy atom. The average molecular weight is 358 g/mol. The zero-order chi connectivity index (χ0) is 16.2. The van der Waals surface area contributed by atoms with Crippen LogP contribution in [-0.4, -0.2) is 20.1 Å². The number of benzene rings is 2. The molecule has 0 saturated carbocycles. The molecule has 1 N–H and O–H groups in total. The first-order chi connectivity index (χ1) is 10.4. The molecule has 0 aromatic heterocycles. The number of halogens is 2. The predicted molar refractivity (Wildman–Crippen MR) is 89.0 cm³/mol. The number of carbonyl (C=O) groups excluding carboxylic acids is 1. The summed E-state index contributed by atoms with van der Waals surface area (Å²) in [5.74, 6) is -1.56. The topological polar surface area (TPSA) is 63.2 Å². The first-order valence-electron chi connectivity index (χ1n) is 6.35. The minimum atomic E-state index is -3.63. The summed E-state index contributed by atoms with van der Waals surface area (Å²) in [6, 6.07) is 13.2. The van der Waals surface area contributed by atoms with Crippen molar-refractivity contribution in [2.45, 2.75) is 5.75 Å². The molecule has 2 aromatic rings. The second kappa shape index (κ2) is 7.13. The third kappa shape index (κ3) is 4.73. The number of sulfone groups is 1. The summed E-state index contributed by atoms with van der Waals surface area (Å²) >= 11 is 11.8. The highest BCUT2D eigenvalue weighted by molar-refractivity contribution is 7.91. The molecule has 1 amide bonds. The second-order valence-electron chi connectivity index (χ2n) is 4.65. The Kier molecular flexibility index (Phi) is 5.45. The maximum absolute atomic E-state index is 12.1. The van der Waals surface area contributed by atoms with Crippen LogP contribution in [0.25, 0.3) is 0 Å². The standard InChI is InChI=1S/C15H13Cl2NO3S/c16-12-6-2-1-5-11(12)9-22(20,21)10-15(19)18-14-8-4-3-7-13(14)17/h1-8H,9-10H2,(H,18,19). The maximum atomic E-state index is 12.1. The van der Waals surface area contributed by atoms with Gasteiger partial charge in [-0.1, -0.05) is 53.5 Å². The van der Waals surface area contributed by atoms with Crippen LogP contribution in [0, 0.1) is 0 Å². The van der Waals surface area contributed by atoms with Gasteiger partial charge < -0.3 is 5.32 Å². The molecule has 0 fully saturated rings. The number of hydrogen-bond donors (Lipinski definition) is 1. The second-order valence-corrected chi connectivity index (χ2v) is 7.53. The van der Waals surface area contributed by atoms with Gasteiger partial charge in [0, 0.05) is 5.02 Å². The fraction of sp³-hybridized carbons (Fsp3) is 0.133. The SMILES string of the molecule is O=C(CS(=O)(=O)Cc1ccccc1Cl)Nc1ccccc1Cl. The Labute approximate surface area is 139 Å². The molecule has 0 atom stereocenters. The van der Waals surface area contributed by atoms with Gasteiger partial charge in [-0.3, -0.25) is 4.79 Å². The molecular weight excluding hydrogens is 345 g/mol. The fourth-order valence-corrected chi connectivity index (χ4v) is 3.62. The van der Waals surface area contributed by atoms with E-state index >= 15 is 0 Å². The van der Waals surface area contributed by atoms with Gasteiger partial charge in [0.25, 0.3) is 0 Å². The van der Waals surface area contributed by atoms with E-state index in [4.69, 9.17) is 23.2 Å². The van der Waals surface area contributed by atoms with Crippen LogP contribution in [0.3, 0.4) is 0 Å². The summed E-state index contributed by atoms with van der Waals surface area (Å²) in [7, 11) is -3.63. The lowest BCUT2D eigenvalue weighted by atomic mass is 10.2. The summed E-state index contributed by atoms with van der Waals surface area (Å²) in [5.41, 5.74) is 0.844. The molecular formula is C15H13Cl2NO3S. The van der Waals surface area contributed by atoms with Crippen molar-refractivity contribution < 1.29 is 13.2 Å². The van der Waals surface area contributed by atoms with Gasteiger partial charge in [-0.05, 0) is 23.8 Å². The maximum Gasteiger partial charge on any atom is 0.239 e. The monoisotopic (exact) mass is 357 g/mol. The van der Waals surface area contributed by atoms with E-state index in [-0.39, 0.29) is 5.75 Å². The molecule has 4 nitrogen and oxygen atoms in total. The molecule has 116 valence electrons. The molecule has 0 aliphatic heterocycles. The zero-order valence-electron chi connectivity index (χ0n) is 11.4. The smallest absolute Gasteiger partial charge is 0.239 e. The van der Waals surface area contributed by atoms with E-state index in [2.05, 4.69) is 5.32 Å². The number of nitrogens with one attached hydrogen (secondary N) is 1. The quantitative estimate of drug-likeness (QED) is 0.889. The highest BCUT2D eigenvalue weighted by Crippen LogP contribution is 2.21. The minimum Gasteiger partial charge on any atom is -0.324 e. The molecule has 0 heterocycles. The largest absolute Gasteiger partial charge is 0.324 e. The normalized spacial score (nSPS) is 11.2. The molecule has 22 heavy (non-hydrogen) atoms. The fourth-order valence-electron chi connectivity index (χ4n) is 1.85. The first-order valence-corrected chi connectivity index (χ1v) is 8.93. The van der Waals surface area contributed by atoms with Crippen molar-refractivity contribution in [3.8, 4) is 0 Å². The van der Waals surface area contributed by atoms with E-state index in [0.29, 0.717) is 21.3 Å². The van der Waals surface area contributed by atoms with E-state index < -0.39 is 21.5 Å². The molecule has 0 bridgehead atoms.